The minimum atomic E-state index is -0.0368. The molecule has 0 aromatic carbocycles. The monoisotopic (exact) mass is 311 g/mol. The second-order valence-corrected chi connectivity index (χ2v) is 7.65. The van der Waals surface area contributed by atoms with Crippen LogP contribution < -0.4 is 10.6 Å². The van der Waals surface area contributed by atoms with Crippen molar-refractivity contribution in [2.24, 2.45) is 11.8 Å². The van der Waals surface area contributed by atoms with Crippen LogP contribution in [0.1, 0.15) is 47.0 Å². The van der Waals surface area contributed by atoms with Crippen LogP contribution in [0.15, 0.2) is 0 Å². The first-order chi connectivity index (χ1) is 10.4. The lowest BCUT2D eigenvalue weighted by molar-refractivity contribution is -0.00881. The molecule has 128 valence electrons. The Labute approximate surface area is 135 Å². The van der Waals surface area contributed by atoms with Crippen LogP contribution in [0.5, 0.6) is 0 Å². The summed E-state index contributed by atoms with van der Waals surface area (Å²) < 4.78 is 5.40. The van der Waals surface area contributed by atoms with Crippen molar-refractivity contribution in [3.8, 4) is 0 Å². The predicted octanol–water partition coefficient (Wildman–Crippen LogP) is 2.22. The fraction of sp³-hybridized carbons (Fsp3) is 0.941. The molecule has 3 atom stereocenters. The number of ether oxygens (including phenoxy) is 1. The molecule has 5 nitrogen and oxygen atoms in total. The molecule has 2 rings (SSSR count). The number of urea groups is 1. The first-order valence-corrected chi connectivity index (χ1v) is 8.77. The molecule has 2 aliphatic rings. The first kappa shape index (κ1) is 17.5. The predicted molar refractivity (Wildman–Crippen MR) is 89.0 cm³/mol. The fourth-order valence-corrected chi connectivity index (χ4v) is 3.75. The molecule has 1 aliphatic heterocycles. The second kappa shape index (κ2) is 7.64. The van der Waals surface area contributed by atoms with Gasteiger partial charge in [0.2, 0.25) is 0 Å². The van der Waals surface area contributed by atoms with Gasteiger partial charge in [0, 0.05) is 31.2 Å². The van der Waals surface area contributed by atoms with E-state index in [4.69, 9.17) is 4.74 Å². The third kappa shape index (κ3) is 4.59. The molecule has 0 aromatic heterocycles. The average molecular weight is 311 g/mol. The molecule has 1 unspecified atom stereocenters. The van der Waals surface area contributed by atoms with Gasteiger partial charge in [0.05, 0.1) is 13.2 Å². The highest BCUT2D eigenvalue weighted by Gasteiger charge is 2.31. The lowest BCUT2D eigenvalue weighted by Gasteiger charge is -2.41. The third-order valence-electron chi connectivity index (χ3n) is 5.39. The van der Waals surface area contributed by atoms with Crippen LogP contribution in [0.2, 0.25) is 0 Å². The summed E-state index contributed by atoms with van der Waals surface area (Å²) in [7, 11) is 0. The zero-order chi connectivity index (χ0) is 16.2. The molecule has 2 fully saturated rings. The van der Waals surface area contributed by atoms with Crippen molar-refractivity contribution in [3.05, 3.63) is 0 Å². The van der Waals surface area contributed by atoms with Crippen molar-refractivity contribution in [1.29, 1.82) is 0 Å². The molecule has 2 amide bonds. The summed E-state index contributed by atoms with van der Waals surface area (Å²) in [4.78, 5) is 14.7. The average Bonchev–Trinajstić information content (AvgIpc) is 2.50. The van der Waals surface area contributed by atoms with Gasteiger partial charge in [0.15, 0.2) is 0 Å². The van der Waals surface area contributed by atoms with E-state index in [0.717, 1.165) is 26.3 Å². The van der Waals surface area contributed by atoms with Crippen molar-refractivity contribution in [1.82, 2.24) is 15.5 Å². The molecular weight excluding hydrogens is 278 g/mol. The summed E-state index contributed by atoms with van der Waals surface area (Å²) in [5.74, 6) is 1.14. The van der Waals surface area contributed by atoms with Gasteiger partial charge in [0.1, 0.15) is 0 Å². The van der Waals surface area contributed by atoms with Crippen LogP contribution in [0.3, 0.4) is 0 Å². The Morgan fingerprint density at radius 2 is 1.77 bits per heavy atom. The summed E-state index contributed by atoms with van der Waals surface area (Å²) in [6.07, 6.45) is 3.72. The Balaban J connectivity index is 1.78. The van der Waals surface area contributed by atoms with Crippen LogP contribution in [-0.4, -0.2) is 55.4 Å². The molecule has 0 bridgehead atoms. The Kier molecular flexibility index (Phi) is 6.09. The van der Waals surface area contributed by atoms with Crippen molar-refractivity contribution < 1.29 is 9.53 Å². The van der Waals surface area contributed by atoms with Gasteiger partial charge < -0.3 is 15.4 Å². The minimum absolute atomic E-state index is 0.0214. The smallest absolute Gasteiger partial charge is 0.315 e. The summed E-state index contributed by atoms with van der Waals surface area (Å²) in [5, 5.41) is 6.28. The molecule has 22 heavy (non-hydrogen) atoms. The number of hydrogen-bond donors (Lipinski definition) is 2. The number of morpholine rings is 1. The van der Waals surface area contributed by atoms with Crippen LogP contribution in [0.4, 0.5) is 4.79 Å². The summed E-state index contributed by atoms with van der Waals surface area (Å²) in [5.41, 5.74) is -0.0368. The number of rotatable bonds is 4. The van der Waals surface area contributed by atoms with E-state index < -0.39 is 0 Å². The number of carbonyl (C=O) groups excluding carboxylic acids is 1. The number of nitrogens with zero attached hydrogens (tertiary/aromatic N) is 1. The highest BCUT2D eigenvalue weighted by molar-refractivity contribution is 5.74. The number of carbonyl (C=O) groups is 1. The lowest BCUT2D eigenvalue weighted by Crippen LogP contribution is -2.57. The van der Waals surface area contributed by atoms with E-state index in [9.17, 15) is 4.79 Å². The molecule has 0 aromatic rings. The van der Waals surface area contributed by atoms with E-state index >= 15 is 0 Å². The van der Waals surface area contributed by atoms with Crippen LogP contribution in [-0.2, 0) is 4.74 Å². The van der Waals surface area contributed by atoms with E-state index in [2.05, 4.69) is 43.2 Å². The van der Waals surface area contributed by atoms with E-state index in [0.29, 0.717) is 24.4 Å². The van der Waals surface area contributed by atoms with Gasteiger partial charge in [-0.3, -0.25) is 4.90 Å². The zero-order valence-electron chi connectivity index (χ0n) is 14.7. The van der Waals surface area contributed by atoms with Gasteiger partial charge in [-0.25, -0.2) is 4.79 Å². The quantitative estimate of drug-likeness (QED) is 0.837. The van der Waals surface area contributed by atoms with E-state index in [-0.39, 0.29) is 11.6 Å². The third-order valence-corrected chi connectivity index (χ3v) is 5.39. The summed E-state index contributed by atoms with van der Waals surface area (Å²) >= 11 is 0. The van der Waals surface area contributed by atoms with Gasteiger partial charge >= 0.3 is 6.03 Å². The number of nitrogens with one attached hydrogen (secondary N) is 2. The highest BCUT2D eigenvalue weighted by Crippen LogP contribution is 2.28. The topological polar surface area (TPSA) is 53.6 Å². The van der Waals surface area contributed by atoms with E-state index in [1.807, 2.05) is 0 Å². The standard InChI is InChI=1S/C17H33N3O2/c1-13-6-5-7-14(2)15(13)19-16(21)18-12-17(3,4)20-8-10-22-11-9-20/h13-15H,5-12H2,1-4H3,(H2,18,19,21)/t13-,14+,15?. The molecule has 1 saturated carbocycles. The highest BCUT2D eigenvalue weighted by atomic mass is 16.5. The molecule has 0 radical (unpaired) electrons. The molecule has 2 N–H and O–H groups in total. The Morgan fingerprint density at radius 1 is 1.18 bits per heavy atom. The Morgan fingerprint density at radius 3 is 2.36 bits per heavy atom. The van der Waals surface area contributed by atoms with Crippen LogP contribution in [0.25, 0.3) is 0 Å². The van der Waals surface area contributed by atoms with Gasteiger partial charge in [-0.15, -0.1) is 0 Å². The molecule has 0 spiro atoms. The summed E-state index contributed by atoms with van der Waals surface area (Å²) in [6.45, 7) is 13.0. The van der Waals surface area contributed by atoms with Crippen molar-refractivity contribution in [2.75, 3.05) is 32.8 Å². The first-order valence-electron chi connectivity index (χ1n) is 8.77. The zero-order valence-corrected chi connectivity index (χ0v) is 14.7. The van der Waals surface area contributed by atoms with E-state index in [1.165, 1.54) is 19.3 Å². The maximum absolute atomic E-state index is 12.3. The minimum Gasteiger partial charge on any atom is -0.379 e. The van der Waals surface area contributed by atoms with Gasteiger partial charge in [-0.2, -0.15) is 0 Å². The number of hydrogen-bond acceptors (Lipinski definition) is 3. The molecule has 1 aliphatic carbocycles. The summed E-state index contributed by atoms with van der Waals surface area (Å²) in [6, 6.07) is 0.284. The second-order valence-electron chi connectivity index (χ2n) is 7.65. The van der Waals surface area contributed by atoms with Gasteiger partial charge in [0.25, 0.3) is 0 Å². The Hall–Kier alpha value is -0.810. The molecular formula is C17H33N3O2. The maximum atomic E-state index is 12.3. The van der Waals surface area contributed by atoms with Crippen molar-refractivity contribution in [3.63, 3.8) is 0 Å². The maximum Gasteiger partial charge on any atom is 0.315 e. The Bertz CT molecular complexity index is 357. The van der Waals surface area contributed by atoms with Gasteiger partial charge in [-0.1, -0.05) is 20.3 Å². The molecule has 1 saturated heterocycles. The fourth-order valence-electron chi connectivity index (χ4n) is 3.75. The van der Waals surface area contributed by atoms with Crippen molar-refractivity contribution in [2.45, 2.75) is 58.5 Å². The van der Waals surface area contributed by atoms with Crippen molar-refractivity contribution >= 4 is 6.03 Å². The number of amides is 2. The van der Waals surface area contributed by atoms with Crippen LogP contribution in [0, 0.1) is 11.8 Å². The van der Waals surface area contributed by atoms with Crippen LogP contribution >= 0.6 is 0 Å². The largest absolute Gasteiger partial charge is 0.379 e. The van der Waals surface area contributed by atoms with E-state index in [1.54, 1.807) is 0 Å². The normalized spacial score (nSPS) is 30.8. The molecule has 5 heteroatoms. The van der Waals surface area contributed by atoms with Gasteiger partial charge in [-0.05, 0) is 38.5 Å². The molecule has 1 heterocycles. The lowest BCUT2D eigenvalue weighted by atomic mass is 9.79. The SMILES string of the molecule is C[C@@H]1CCC[C@H](C)C1NC(=O)NCC(C)(C)N1CCOCC1.